The van der Waals surface area contributed by atoms with E-state index < -0.39 is 6.09 Å². The highest BCUT2D eigenvalue weighted by atomic mass is 35.5. The van der Waals surface area contributed by atoms with Crippen LogP contribution in [0.1, 0.15) is 5.69 Å². The van der Waals surface area contributed by atoms with Gasteiger partial charge in [0.1, 0.15) is 18.3 Å². The number of nitrogens with two attached hydrogens (primary N) is 1. The molecule has 0 radical (unpaired) electrons. The first-order chi connectivity index (χ1) is 11.0. The maximum Gasteiger partial charge on any atom is 0.433 e. The molecular formula is C14H9ClN6O2. The number of rotatable bonds is 2. The van der Waals surface area contributed by atoms with Crippen molar-refractivity contribution < 1.29 is 9.90 Å². The van der Waals surface area contributed by atoms with E-state index >= 15 is 0 Å². The molecule has 0 aliphatic carbocycles. The van der Waals surface area contributed by atoms with E-state index in [-0.39, 0.29) is 11.5 Å². The molecule has 3 rings (SSSR count). The van der Waals surface area contributed by atoms with Gasteiger partial charge in [0.15, 0.2) is 5.84 Å². The molecule has 0 unspecified atom stereocenters. The van der Waals surface area contributed by atoms with Gasteiger partial charge in [0.05, 0.1) is 16.2 Å². The molecule has 0 fully saturated rings. The monoisotopic (exact) mass is 328 g/mol. The summed E-state index contributed by atoms with van der Waals surface area (Å²) in [4.78, 5) is 30.0. The van der Waals surface area contributed by atoms with Gasteiger partial charge in [0.2, 0.25) is 0 Å². The van der Waals surface area contributed by atoms with Crippen LogP contribution in [0, 0.1) is 0 Å². The van der Waals surface area contributed by atoms with Gasteiger partial charge < -0.3 is 10.8 Å². The number of aliphatic imine (C=N–C) groups is 1. The second-order valence-electron chi connectivity index (χ2n) is 4.48. The van der Waals surface area contributed by atoms with Crippen LogP contribution in [0.2, 0.25) is 5.02 Å². The van der Waals surface area contributed by atoms with Crippen LogP contribution >= 0.6 is 11.6 Å². The predicted molar refractivity (Wildman–Crippen MR) is 84.3 cm³/mol. The Bertz CT molecular complexity index is 943. The number of benzene rings is 1. The van der Waals surface area contributed by atoms with Gasteiger partial charge in [-0.05, 0) is 18.2 Å². The molecule has 2 heterocycles. The standard InChI is InChI=1S/C14H9ClN6O2/c15-9-1-7(2-11-8(9)4-17-5-18-11)10-3-12(20-6-19-10)13(16)21-14(22)23/h1-6H,(H2,16,21)(H,22,23). The van der Waals surface area contributed by atoms with Crippen molar-refractivity contribution in [1.82, 2.24) is 19.9 Å². The van der Waals surface area contributed by atoms with Gasteiger partial charge in [-0.15, -0.1) is 0 Å². The third-order valence-electron chi connectivity index (χ3n) is 3.02. The third kappa shape index (κ3) is 3.06. The second kappa shape index (κ2) is 5.93. The van der Waals surface area contributed by atoms with Crippen molar-refractivity contribution >= 4 is 34.4 Å². The predicted octanol–water partition coefficient (Wildman–Crippen LogP) is 2.12. The molecule has 8 nitrogen and oxygen atoms in total. The van der Waals surface area contributed by atoms with E-state index in [1.807, 2.05) is 0 Å². The fourth-order valence-corrected chi connectivity index (χ4v) is 2.27. The zero-order chi connectivity index (χ0) is 16.4. The second-order valence-corrected chi connectivity index (χ2v) is 4.89. The molecule has 2 aromatic heterocycles. The summed E-state index contributed by atoms with van der Waals surface area (Å²) in [5, 5.41) is 9.84. The highest BCUT2D eigenvalue weighted by Crippen LogP contribution is 2.28. The number of amidine groups is 1. The number of halogens is 1. The van der Waals surface area contributed by atoms with E-state index in [1.165, 1.54) is 18.7 Å². The van der Waals surface area contributed by atoms with Gasteiger partial charge in [-0.25, -0.2) is 24.7 Å². The fourth-order valence-electron chi connectivity index (χ4n) is 2.00. The Balaban J connectivity index is 2.11. The van der Waals surface area contributed by atoms with Crippen molar-refractivity contribution in [2.75, 3.05) is 0 Å². The number of amides is 1. The Kier molecular flexibility index (Phi) is 3.82. The van der Waals surface area contributed by atoms with Crippen LogP contribution in [0.25, 0.3) is 22.2 Å². The van der Waals surface area contributed by atoms with E-state index in [1.54, 1.807) is 18.3 Å². The minimum absolute atomic E-state index is 0.205. The van der Waals surface area contributed by atoms with E-state index in [0.29, 0.717) is 21.8 Å². The van der Waals surface area contributed by atoms with E-state index in [9.17, 15) is 4.79 Å². The van der Waals surface area contributed by atoms with Gasteiger partial charge in [0.25, 0.3) is 0 Å². The van der Waals surface area contributed by atoms with E-state index in [0.717, 1.165) is 5.39 Å². The lowest BCUT2D eigenvalue weighted by Gasteiger charge is -2.06. The number of nitrogens with zero attached hydrogens (tertiary/aromatic N) is 5. The molecule has 0 saturated heterocycles. The fraction of sp³-hybridized carbons (Fsp3) is 0. The van der Waals surface area contributed by atoms with Crippen molar-refractivity contribution in [3.63, 3.8) is 0 Å². The van der Waals surface area contributed by atoms with Crippen LogP contribution in [-0.4, -0.2) is 37.0 Å². The molecule has 1 amide bonds. The van der Waals surface area contributed by atoms with E-state index in [2.05, 4.69) is 24.9 Å². The maximum absolute atomic E-state index is 10.6. The van der Waals surface area contributed by atoms with Gasteiger partial charge in [-0.1, -0.05) is 11.6 Å². The summed E-state index contributed by atoms with van der Waals surface area (Å²) in [5.74, 6) is -0.213. The number of carboxylic acid groups (broad SMARTS) is 1. The number of carbonyl (C=O) groups is 1. The van der Waals surface area contributed by atoms with Crippen molar-refractivity contribution in [2.45, 2.75) is 0 Å². The summed E-state index contributed by atoms with van der Waals surface area (Å²) in [6.45, 7) is 0. The summed E-state index contributed by atoms with van der Waals surface area (Å²) in [6, 6.07) is 5.03. The molecule has 0 aliphatic rings. The van der Waals surface area contributed by atoms with Gasteiger partial charge in [-0.3, -0.25) is 0 Å². The van der Waals surface area contributed by atoms with Gasteiger partial charge in [-0.2, -0.15) is 4.99 Å². The first kappa shape index (κ1) is 14.8. The minimum Gasteiger partial charge on any atom is -0.463 e. The Morgan fingerprint density at radius 1 is 1.17 bits per heavy atom. The molecule has 0 bridgehead atoms. The molecular weight excluding hydrogens is 320 g/mol. The maximum atomic E-state index is 10.6. The highest BCUT2D eigenvalue weighted by Gasteiger charge is 2.10. The Labute approximate surface area is 134 Å². The van der Waals surface area contributed by atoms with Crippen molar-refractivity contribution in [2.24, 2.45) is 10.7 Å². The summed E-state index contributed by atoms with van der Waals surface area (Å²) in [5.41, 5.74) is 7.67. The van der Waals surface area contributed by atoms with Crippen LogP contribution in [-0.2, 0) is 0 Å². The lowest BCUT2D eigenvalue weighted by molar-refractivity contribution is 0.205. The molecule has 0 saturated carbocycles. The summed E-state index contributed by atoms with van der Waals surface area (Å²) in [7, 11) is 0. The van der Waals surface area contributed by atoms with Crippen molar-refractivity contribution in [1.29, 1.82) is 0 Å². The Morgan fingerprint density at radius 2 is 2.00 bits per heavy atom. The number of hydrogen-bond acceptors (Lipinski definition) is 5. The van der Waals surface area contributed by atoms with Gasteiger partial charge in [0, 0.05) is 17.1 Å². The summed E-state index contributed by atoms with van der Waals surface area (Å²) >= 11 is 6.23. The molecule has 0 spiro atoms. The minimum atomic E-state index is -1.40. The molecule has 3 N–H and O–H groups in total. The molecule has 1 aromatic carbocycles. The average Bonchev–Trinajstić information content (AvgIpc) is 2.54. The SMILES string of the molecule is NC(=NC(=O)O)c1cc(-c2cc(Cl)c3cncnc3c2)ncn1. The number of fused-ring (bicyclic) bond motifs is 1. The molecule has 23 heavy (non-hydrogen) atoms. The van der Waals surface area contributed by atoms with Crippen LogP contribution in [0.3, 0.4) is 0 Å². The molecule has 0 aliphatic heterocycles. The Morgan fingerprint density at radius 3 is 2.78 bits per heavy atom. The quantitative estimate of drug-likeness (QED) is 0.544. The average molecular weight is 329 g/mol. The highest BCUT2D eigenvalue weighted by molar-refractivity contribution is 6.35. The third-order valence-corrected chi connectivity index (χ3v) is 3.33. The van der Waals surface area contributed by atoms with Crippen molar-refractivity contribution in [3.05, 3.63) is 47.8 Å². The smallest absolute Gasteiger partial charge is 0.433 e. The van der Waals surface area contributed by atoms with Crippen molar-refractivity contribution in [3.8, 4) is 11.3 Å². The number of hydrogen-bond donors (Lipinski definition) is 2. The van der Waals surface area contributed by atoms with Crippen LogP contribution in [0.15, 0.2) is 42.0 Å². The van der Waals surface area contributed by atoms with Gasteiger partial charge >= 0.3 is 6.09 Å². The first-order valence-corrected chi connectivity index (χ1v) is 6.71. The lowest BCUT2D eigenvalue weighted by Crippen LogP contribution is -2.17. The first-order valence-electron chi connectivity index (χ1n) is 6.34. The normalized spacial score (nSPS) is 11.6. The largest absolute Gasteiger partial charge is 0.463 e. The summed E-state index contributed by atoms with van der Waals surface area (Å²) in [6.07, 6.45) is 2.92. The molecule has 3 aromatic rings. The topological polar surface area (TPSA) is 127 Å². The Hall–Kier alpha value is -3.13. The molecule has 9 heteroatoms. The van der Waals surface area contributed by atoms with Crippen LogP contribution in [0.5, 0.6) is 0 Å². The van der Waals surface area contributed by atoms with Crippen LogP contribution in [0.4, 0.5) is 4.79 Å². The van der Waals surface area contributed by atoms with Crippen LogP contribution < -0.4 is 5.73 Å². The molecule has 114 valence electrons. The van der Waals surface area contributed by atoms with E-state index in [4.69, 9.17) is 22.4 Å². The zero-order valence-electron chi connectivity index (χ0n) is 11.5. The number of aromatic nitrogens is 4. The summed E-state index contributed by atoms with van der Waals surface area (Å²) < 4.78 is 0. The lowest BCUT2D eigenvalue weighted by atomic mass is 10.1. The zero-order valence-corrected chi connectivity index (χ0v) is 12.3. The molecule has 0 atom stereocenters.